The van der Waals surface area contributed by atoms with Crippen molar-refractivity contribution in [2.24, 2.45) is 17.6 Å². The molecule has 4 heteroatoms. The van der Waals surface area contributed by atoms with E-state index < -0.39 is 6.43 Å². The van der Waals surface area contributed by atoms with Crippen LogP contribution < -0.4 is 5.73 Å². The van der Waals surface area contributed by atoms with E-state index in [4.69, 9.17) is 5.73 Å². The molecule has 2 rings (SSSR count). The summed E-state index contributed by atoms with van der Waals surface area (Å²) in [5.41, 5.74) is 6.99. The van der Waals surface area contributed by atoms with Gasteiger partial charge in [-0.1, -0.05) is 38.1 Å². The number of alkyl halides is 2. The van der Waals surface area contributed by atoms with Crippen molar-refractivity contribution >= 4 is 0 Å². The van der Waals surface area contributed by atoms with E-state index >= 15 is 0 Å². The second kappa shape index (κ2) is 5.97. The van der Waals surface area contributed by atoms with Gasteiger partial charge in [-0.2, -0.15) is 0 Å². The highest BCUT2D eigenvalue weighted by molar-refractivity contribution is 5.26. The summed E-state index contributed by atoms with van der Waals surface area (Å²) in [6, 6.07) is 6.72. The SMILES string of the molecule is CC1CN(C(CN)c2ccc(C(F)F)cc2)CC1C. The normalized spacial score (nSPS) is 26.0. The van der Waals surface area contributed by atoms with Crippen LogP contribution in [0.5, 0.6) is 0 Å². The Hall–Kier alpha value is -1.00. The van der Waals surface area contributed by atoms with E-state index in [1.807, 2.05) is 0 Å². The summed E-state index contributed by atoms with van der Waals surface area (Å²) in [7, 11) is 0. The van der Waals surface area contributed by atoms with E-state index in [0.717, 1.165) is 18.7 Å². The van der Waals surface area contributed by atoms with Crippen LogP contribution in [0.4, 0.5) is 8.78 Å². The number of hydrogen-bond donors (Lipinski definition) is 1. The third-order valence-electron chi connectivity index (χ3n) is 4.25. The zero-order chi connectivity index (χ0) is 14.0. The van der Waals surface area contributed by atoms with Crippen molar-refractivity contribution < 1.29 is 8.78 Å². The smallest absolute Gasteiger partial charge is 0.263 e. The molecule has 106 valence electrons. The van der Waals surface area contributed by atoms with Gasteiger partial charge < -0.3 is 5.73 Å². The topological polar surface area (TPSA) is 29.3 Å². The van der Waals surface area contributed by atoms with Crippen molar-refractivity contribution in [1.82, 2.24) is 4.90 Å². The average Bonchev–Trinajstić information content (AvgIpc) is 2.71. The lowest BCUT2D eigenvalue weighted by Gasteiger charge is -2.27. The lowest BCUT2D eigenvalue weighted by atomic mass is 10.0. The molecule has 3 atom stereocenters. The van der Waals surface area contributed by atoms with Crippen LogP contribution in [0, 0.1) is 11.8 Å². The first-order valence-electron chi connectivity index (χ1n) is 6.85. The molecule has 1 fully saturated rings. The first-order valence-corrected chi connectivity index (χ1v) is 6.85. The quantitative estimate of drug-likeness (QED) is 0.908. The molecule has 1 aliphatic heterocycles. The summed E-state index contributed by atoms with van der Waals surface area (Å²) in [4.78, 5) is 2.37. The second-order valence-corrected chi connectivity index (χ2v) is 5.63. The molecule has 0 amide bonds. The number of rotatable bonds is 4. The molecule has 1 heterocycles. The van der Waals surface area contributed by atoms with Gasteiger partial charge >= 0.3 is 0 Å². The fourth-order valence-corrected chi connectivity index (χ4v) is 2.79. The molecule has 2 nitrogen and oxygen atoms in total. The van der Waals surface area contributed by atoms with E-state index in [2.05, 4.69) is 18.7 Å². The van der Waals surface area contributed by atoms with Crippen molar-refractivity contribution in [2.45, 2.75) is 26.3 Å². The minimum absolute atomic E-state index is 0.0719. The highest BCUT2D eigenvalue weighted by atomic mass is 19.3. The fraction of sp³-hybridized carbons (Fsp3) is 0.600. The first kappa shape index (κ1) is 14.4. The molecular formula is C15H22F2N2. The number of hydrogen-bond acceptors (Lipinski definition) is 2. The van der Waals surface area contributed by atoms with Gasteiger partial charge in [0, 0.05) is 31.2 Å². The predicted molar refractivity (Wildman–Crippen MR) is 73.1 cm³/mol. The number of nitrogens with two attached hydrogens (primary N) is 1. The summed E-state index contributed by atoms with van der Waals surface area (Å²) in [6.45, 7) is 7.07. The van der Waals surface area contributed by atoms with E-state index in [1.165, 1.54) is 12.1 Å². The van der Waals surface area contributed by atoms with Crippen LogP contribution in [0.15, 0.2) is 24.3 Å². The van der Waals surface area contributed by atoms with Crippen LogP contribution in [0.1, 0.15) is 37.4 Å². The van der Waals surface area contributed by atoms with Gasteiger partial charge in [-0.05, 0) is 17.4 Å². The summed E-state index contributed by atoms with van der Waals surface area (Å²) >= 11 is 0. The number of nitrogens with zero attached hydrogens (tertiary/aromatic N) is 1. The Morgan fingerprint density at radius 2 is 1.58 bits per heavy atom. The van der Waals surface area contributed by atoms with Gasteiger partial charge in [-0.15, -0.1) is 0 Å². The van der Waals surface area contributed by atoms with Crippen LogP contribution in [0.2, 0.25) is 0 Å². The maximum absolute atomic E-state index is 12.6. The monoisotopic (exact) mass is 268 g/mol. The van der Waals surface area contributed by atoms with E-state index in [0.29, 0.717) is 18.4 Å². The maximum Gasteiger partial charge on any atom is 0.263 e. The zero-order valence-electron chi connectivity index (χ0n) is 11.5. The van der Waals surface area contributed by atoms with Crippen LogP contribution in [0.25, 0.3) is 0 Å². The highest BCUT2D eigenvalue weighted by Gasteiger charge is 2.31. The standard InChI is InChI=1S/C15H22F2N2/c1-10-8-19(9-11(10)2)14(7-18)12-3-5-13(6-4-12)15(16)17/h3-6,10-11,14-15H,7-9,18H2,1-2H3. The van der Waals surface area contributed by atoms with Crippen LogP contribution >= 0.6 is 0 Å². The molecule has 1 aromatic rings. The maximum atomic E-state index is 12.6. The lowest BCUT2D eigenvalue weighted by Crippen LogP contribution is -2.32. The molecule has 3 unspecified atom stereocenters. The highest BCUT2D eigenvalue weighted by Crippen LogP contribution is 2.31. The third kappa shape index (κ3) is 3.12. The minimum atomic E-state index is -2.41. The van der Waals surface area contributed by atoms with Gasteiger partial charge in [0.15, 0.2) is 0 Å². The molecule has 1 aromatic carbocycles. The molecule has 1 aliphatic rings. The Morgan fingerprint density at radius 3 is 2.00 bits per heavy atom. The predicted octanol–water partition coefficient (Wildman–Crippen LogP) is 3.21. The summed E-state index contributed by atoms with van der Waals surface area (Å²) in [5, 5.41) is 0. The second-order valence-electron chi connectivity index (χ2n) is 5.63. The van der Waals surface area contributed by atoms with Crippen molar-refractivity contribution in [3.63, 3.8) is 0 Å². The van der Waals surface area contributed by atoms with Gasteiger partial charge in [-0.25, -0.2) is 8.78 Å². The largest absolute Gasteiger partial charge is 0.329 e. The third-order valence-corrected chi connectivity index (χ3v) is 4.25. The van der Waals surface area contributed by atoms with Crippen LogP contribution in [-0.2, 0) is 0 Å². The summed E-state index contributed by atoms with van der Waals surface area (Å²) in [6.07, 6.45) is -2.41. The van der Waals surface area contributed by atoms with Crippen molar-refractivity contribution in [3.05, 3.63) is 35.4 Å². The van der Waals surface area contributed by atoms with Crippen molar-refractivity contribution in [2.75, 3.05) is 19.6 Å². The molecule has 0 saturated carbocycles. The van der Waals surface area contributed by atoms with Crippen molar-refractivity contribution in [1.29, 1.82) is 0 Å². The molecule has 19 heavy (non-hydrogen) atoms. The number of benzene rings is 1. The number of likely N-dealkylation sites (tertiary alicyclic amines) is 1. The van der Waals surface area contributed by atoms with Crippen LogP contribution in [0.3, 0.4) is 0 Å². The van der Waals surface area contributed by atoms with Gasteiger partial charge in [0.1, 0.15) is 0 Å². The van der Waals surface area contributed by atoms with Crippen LogP contribution in [-0.4, -0.2) is 24.5 Å². The molecule has 2 N–H and O–H groups in total. The van der Waals surface area contributed by atoms with Gasteiger partial charge in [0.25, 0.3) is 6.43 Å². The Kier molecular flexibility index (Phi) is 4.53. The molecule has 0 aliphatic carbocycles. The van der Waals surface area contributed by atoms with E-state index in [-0.39, 0.29) is 11.6 Å². The lowest BCUT2D eigenvalue weighted by molar-refractivity contribution is 0.151. The van der Waals surface area contributed by atoms with E-state index in [9.17, 15) is 8.78 Å². The van der Waals surface area contributed by atoms with Gasteiger partial charge in [0.05, 0.1) is 0 Å². The first-order chi connectivity index (χ1) is 9.02. The molecule has 0 radical (unpaired) electrons. The van der Waals surface area contributed by atoms with Gasteiger partial charge in [-0.3, -0.25) is 4.90 Å². The summed E-state index contributed by atoms with van der Waals surface area (Å²) in [5.74, 6) is 1.32. The Bertz CT molecular complexity index is 395. The Balaban J connectivity index is 2.13. The summed E-state index contributed by atoms with van der Waals surface area (Å²) < 4.78 is 25.1. The van der Waals surface area contributed by atoms with E-state index in [1.54, 1.807) is 12.1 Å². The van der Waals surface area contributed by atoms with Gasteiger partial charge in [0.2, 0.25) is 0 Å². The molecule has 1 saturated heterocycles. The zero-order valence-corrected chi connectivity index (χ0v) is 11.5. The Morgan fingerprint density at radius 1 is 1.11 bits per heavy atom. The molecule has 0 bridgehead atoms. The minimum Gasteiger partial charge on any atom is -0.329 e. The number of halogens is 2. The average molecular weight is 268 g/mol. The van der Waals surface area contributed by atoms with Crippen molar-refractivity contribution in [3.8, 4) is 0 Å². The molecule has 0 spiro atoms. The fourth-order valence-electron chi connectivity index (χ4n) is 2.79. The molecule has 0 aromatic heterocycles. The Labute approximate surface area is 113 Å². The molecular weight excluding hydrogens is 246 g/mol.